The fourth-order valence-corrected chi connectivity index (χ4v) is 3.48. The van der Waals surface area contributed by atoms with Crippen LogP contribution in [0, 0.1) is 5.92 Å². The molecule has 2 aliphatic rings. The van der Waals surface area contributed by atoms with Gasteiger partial charge >= 0.3 is 0 Å². The van der Waals surface area contributed by atoms with Gasteiger partial charge in [-0.25, -0.2) is 0 Å². The van der Waals surface area contributed by atoms with Crippen molar-refractivity contribution >= 4 is 22.6 Å². The van der Waals surface area contributed by atoms with E-state index >= 15 is 0 Å². The summed E-state index contributed by atoms with van der Waals surface area (Å²) in [7, 11) is 0. The molecule has 20 heavy (non-hydrogen) atoms. The van der Waals surface area contributed by atoms with Crippen LogP contribution >= 0.6 is 22.6 Å². The number of hydrogen-bond donors (Lipinski definition) is 2. The molecule has 0 radical (unpaired) electrons. The number of rotatable bonds is 5. The topological polar surface area (TPSA) is 41.5 Å². The predicted molar refractivity (Wildman–Crippen MR) is 87.7 cm³/mol. The minimum Gasteiger partial charge on any atom is -0.367 e. The van der Waals surface area contributed by atoms with Crippen molar-refractivity contribution in [1.29, 1.82) is 0 Å². The third-order valence-electron chi connectivity index (χ3n) is 4.27. The second kappa shape index (κ2) is 6.73. The van der Waals surface area contributed by atoms with Crippen LogP contribution in [0.1, 0.15) is 31.2 Å². The van der Waals surface area contributed by atoms with Crippen LogP contribution in [0.25, 0.3) is 0 Å². The summed E-state index contributed by atoms with van der Waals surface area (Å²) in [5.41, 5.74) is 1.31. The Morgan fingerprint density at radius 3 is 2.60 bits per heavy atom. The highest BCUT2D eigenvalue weighted by Gasteiger charge is 2.40. The summed E-state index contributed by atoms with van der Waals surface area (Å²) in [4.78, 5) is 0. The van der Waals surface area contributed by atoms with E-state index < -0.39 is 6.29 Å². The zero-order valence-corrected chi connectivity index (χ0v) is 13.7. The molecule has 1 heterocycles. The first-order valence-corrected chi connectivity index (χ1v) is 8.73. The van der Waals surface area contributed by atoms with Crippen LogP contribution < -0.4 is 5.32 Å². The maximum Gasteiger partial charge on any atom is 0.166 e. The van der Waals surface area contributed by atoms with Crippen LogP contribution in [0.15, 0.2) is 30.3 Å². The van der Waals surface area contributed by atoms with E-state index in [0.717, 1.165) is 25.3 Å². The Bertz CT molecular complexity index is 424. The summed E-state index contributed by atoms with van der Waals surface area (Å²) < 4.78 is 6.07. The van der Waals surface area contributed by atoms with Gasteiger partial charge in [0.15, 0.2) is 6.29 Å². The van der Waals surface area contributed by atoms with Gasteiger partial charge in [-0.3, -0.25) is 0 Å². The highest BCUT2D eigenvalue weighted by molar-refractivity contribution is 14.1. The van der Waals surface area contributed by atoms with E-state index in [1.54, 1.807) is 0 Å². The van der Waals surface area contributed by atoms with Gasteiger partial charge in [-0.05, 0) is 37.2 Å². The first-order chi connectivity index (χ1) is 9.74. The van der Waals surface area contributed by atoms with Crippen molar-refractivity contribution in [2.75, 3.05) is 0 Å². The van der Waals surface area contributed by atoms with Crippen LogP contribution in [0.3, 0.4) is 0 Å². The minimum absolute atomic E-state index is 0.159. The van der Waals surface area contributed by atoms with Crippen LogP contribution in [0.2, 0.25) is 0 Å². The quantitative estimate of drug-likeness (QED) is 0.603. The van der Waals surface area contributed by atoms with Gasteiger partial charge in [0.2, 0.25) is 0 Å². The van der Waals surface area contributed by atoms with Crippen LogP contribution in [0.4, 0.5) is 0 Å². The Morgan fingerprint density at radius 1 is 1.20 bits per heavy atom. The summed E-state index contributed by atoms with van der Waals surface area (Å²) in [6.07, 6.45) is 4.23. The van der Waals surface area contributed by atoms with Crippen molar-refractivity contribution in [1.82, 2.24) is 5.32 Å². The number of hydrogen-bond acceptors (Lipinski definition) is 3. The zero-order valence-electron chi connectivity index (χ0n) is 11.5. The van der Waals surface area contributed by atoms with Crippen molar-refractivity contribution in [2.45, 2.75) is 54.6 Å². The van der Waals surface area contributed by atoms with Crippen molar-refractivity contribution in [3.8, 4) is 0 Å². The first-order valence-electron chi connectivity index (χ1n) is 7.49. The number of aliphatic hydroxyl groups is 1. The van der Waals surface area contributed by atoms with E-state index in [1.165, 1.54) is 18.4 Å². The number of nitrogens with one attached hydrogen (secondary N) is 1. The molecule has 2 fully saturated rings. The number of aliphatic hydroxyl groups excluding tert-OH is 1. The fourth-order valence-electron chi connectivity index (χ4n) is 2.95. The summed E-state index contributed by atoms with van der Waals surface area (Å²) in [5, 5.41) is 13.6. The van der Waals surface area contributed by atoms with Gasteiger partial charge in [0.05, 0.1) is 10.0 Å². The van der Waals surface area contributed by atoms with E-state index in [2.05, 4.69) is 52.2 Å². The lowest BCUT2D eigenvalue weighted by Gasteiger charge is -2.36. The largest absolute Gasteiger partial charge is 0.367 e. The van der Waals surface area contributed by atoms with E-state index in [-0.39, 0.29) is 10.0 Å². The zero-order chi connectivity index (χ0) is 13.9. The molecule has 2 N–H and O–H groups in total. The lowest BCUT2D eigenvalue weighted by Crippen LogP contribution is -2.48. The molecule has 3 nitrogen and oxygen atoms in total. The molecule has 1 aromatic carbocycles. The standard InChI is InChI=1S/C16H22INO2/c17-13-8-9-14(20-16(13)19)15(12-6-7-12)18-10-11-4-2-1-3-5-11/h1-5,12-16,18-19H,6-10H2/t13?,14-,15+,16?/m0/s1. The maximum atomic E-state index is 9.93. The van der Waals surface area contributed by atoms with Gasteiger partial charge in [0.25, 0.3) is 0 Å². The molecule has 0 aromatic heterocycles. The number of alkyl halides is 1. The van der Waals surface area contributed by atoms with E-state index in [9.17, 15) is 5.11 Å². The molecule has 1 saturated carbocycles. The summed E-state index contributed by atoms with van der Waals surface area (Å²) in [6.45, 7) is 0.881. The van der Waals surface area contributed by atoms with Gasteiger partial charge in [-0.2, -0.15) is 0 Å². The summed E-state index contributed by atoms with van der Waals surface area (Å²) >= 11 is 2.28. The number of benzene rings is 1. The SMILES string of the molecule is OC1O[C@H]([C@H](NCc2ccccc2)C2CC2)CCC1I. The Kier molecular flexibility index (Phi) is 4.96. The second-order valence-electron chi connectivity index (χ2n) is 5.89. The molecule has 0 amide bonds. The van der Waals surface area contributed by atoms with Crippen molar-refractivity contribution in [3.63, 3.8) is 0 Å². The lowest BCUT2D eigenvalue weighted by atomic mass is 9.97. The molecule has 1 saturated heterocycles. The third kappa shape index (κ3) is 3.72. The normalized spacial score (nSPS) is 32.0. The highest BCUT2D eigenvalue weighted by atomic mass is 127. The lowest BCUT2D eigenvalue weighted by molar-refractivity contribution is -0.165. The second-order valence-corrected chi connectivity index (χ2v) is 7.49. The minimum atomic E-state index is -0.603. The summed E-state index contributed by atoms with van der Waals surface area (Å²) in [6, 6.07) is 10.9. The summed E-state index contributed by atoms with van der Waals surface area (Å²) in [5.74, 6) is 0.724. The van der Waals surface area contributed by atoms with Crippen LogP contribution in [-0.2, 0) is 11.3 Å². The van der Waals surface area contributed by atoms with Gasteiger partial charge in [0, 0.05) is 12.6 Å². The Labute approximate surface area is 134 Å². The molecule has 4 atom stereocenters. The molecule has 110 valence electrons. The van der Waals surface area contributed by atoms with Gasteiger partial charge in [-0.1, -0.05) is 52.9 Å². The monoisotopic (exact) mass is 387 g/mol. The molecule has 1 aliphatic heterocycles. The number of halogens is 1. The Balaban J connectivity index is 1.58. The third-order valence-corrected chi connectivity index (χ3v) is 5.50. The van der Waals surface area contributed by atoms with Gasteiger partial charge in [0.1, 0.15) is 0 Å². The fraction of sp³-hybridized carbons (Fsp3) is 0.625. The molecular formula is C16H22INO2. The molecule has 0 bridgehead atoms. The van der Waals surface area contributed by atoms with Crippen molar-refractivity contribution in [3.05, 3.63) is 35.9 Å². The smallest absolute Gasteiger partial charge is 0.166 e. The highest BCUT2D eigenvalue weighted by Crippen LogP contribution is 2.38. The average molecular weight is 387 g/mol. The molecule has 1 aromatic rings. The first kappa shape index (κ1) is 14.8. The molecular weight excluding hydrogens is 365 g/mol. The van der Waals surface area contributed by atoms with Crippen LogP contribution in [0.5, 0.6) is 0 Å². The predicted octanol–water partition coefficient (Wildman–Crippen LogP) is 2.86. The van der Waals surface area contributed by atoms with E-state index in [4.69, 9.17) is 4.74 Å². The van der Waals surface area contributed by atoms with Crippen molar-refractivity contribution in [2.24, 2.45) is 5.92 Å². The Hall–Kier alpha value is -0.170. The van der Waals surface area contributed by atoms with Crippen molar-refractivity contribution < 1.29 is 9.84 Å². The molecule has 2 unspecified atom stereocenters. The molecule has 0 spiro atoms. The van der Waals surface area contributed by atoms with E-state index in [0.29, 0.717) is 6.04 Å². The van der Waals surface area contributed by atoms with Gasteiger partial charge < -0.3 is 15.2 Å². The van der Waals surface area contributed by atoms with Gasteiger partial charge in [-0.15, -0.1) is 0 Å². The maximum absolute atomic E-state index is 9.93. The molecule has 4 heteroatoms. The molecule has 3 rings (SSSR count). The van der Waals surface area contributed by atoms with E-state index in [1.807, 2.05) is 6.07 Å². The molecule has 1 aliphatic carbocycles. The Morgan fingerprint density at radius 2 is 1.95 bits per heavy atom. The number of ether oxygens (including phenoxy) is 1. The average Bonchev–Trinajstić information content (AvgIpc) is 3.29. The van der Waals surface area contributed by atoms with Crippen LogP contribution in [-0.4, -0.2) is 27.5 Å².